The molecule has 0 spiro atoms. The number of carbonyl (C=O) groups excluding carboxylic acids is 2. The quantitative estimate of drug-likeness (QED) is 0.136. The fraction of sp³-hybridized carbons (Fsp3) is 0.529. The molecular formula is C34H48N2O3S. The molecule has 6 heteroatoms. The van der Waals surface area contributed by atoms with E-state index in [1.807, 2.05) is 36.0 Å². The van der Waals surface area contributed by atoms with Crippen LogP contribution in [-0.2, 0) is 6.54 Å². The first-order valence-corrected chi connectivity index (χ1v) is 16.2. The van der Waals surface area contributed by atoms with E-state index >= 15 is 0 Å². The lowest BCUT2D eigenvalue weighted by Gasteiger charge is -2.19. The van der Waals surface area contributed by atoms with Gasteiger partial charge in [-0.15, -0.1) is 11.8 Å². The number of carbonyl (C=O) groups is 2. The number of unbranched alkanes of at least 4 members (excludes halogenated alkanes) is 11. The molecule has 0 fully saturated rings. The van der Waals surface area contributed by atoms with Crippen molar-refractivity contribution in [2.75, 3.05) is 17.8 Å². The summed E-state index contributed by atoms with van der Waals surface area (Å²) in [6.07, 6.45) is 17.4. The Bertz CT molecular complexity index is 1110. The van der Waals surface area contributed by atoms with E-state index in [4.69, 9.17) is 4.74 Å². The van der Waals surface area contributed by atoms with E-state index in [1.54, 1.807) is 18.2 Å². The summed E-state index contributed by atoms with van der Waals surface area (Å²) < 4.78 is 6.13. The van der Waals surface area contributed by atoms with Crippen LogP contribution in [-0.4, -0.2) is 29.1 Å². The molecule has 1 heterocycles. The van der Waals surface area contributed by atoms with E-state index in [2.05, 4.69) is 30.3 Å². The summed E-state index contributed by atoms with van der Waals surface area (Å²) >= 11 is 1.82. The minimum Gasteiger partial charge on any atom is -0.492 e. The number of rotatable bonds is 19. The lowest BCUT2D eigenvalue weighted by molar-refractivity contribution is 0.101. The van der Waals surface area contributed by atoms with Gasteiger partial charge in [0, 0.05) is 18.4 Å². The summed E-state index contributed by atoms with van der Waals surface area (Å²) in [6, 6.07) is 13.1. The average molecular weight is 565 g/mol. The van der Waals surface area contributed by atoms with Gasteiger partial charge in [-0.1, -0.05) is 102 Å². The van der Waals surface area contributed by atoms with Crippen molar-refractivity contribution < 1.29 is 14.3 Å². The SMILES string of the molecule is CCCCCCCCCCCCCCOc1c(C(C)=O)cccc1C(=O)Nc1ccccc1CN1C=C(C)SC1. The number of Topliss-reactive ketones (excluding diaryl/α,β-unsaturated/α-hetero) is 1. The van der Waals surface area contributed by atoms with Crippen LogP contribution in [0.25, 0.3) is 0 Å². The lowest BCUT2D eigenvalue weighted by Crippen LogP contribution is -2.19. The molecule has 0 saturated heterocycles. The van der Waals surface area contributed by atoms with E-state index in [0.717, 1.165) is 36.5 Å². The monoisotopic (exact) mass is 564 g/mol. The third-order valence-corrected chi connectivity index (χ3v) is 8.37. The number of nitrogens with one attached hydrogen (secondary N) is 1. The number of ether oxygens (including phenoxy) is 1. The first kappa shape index (κ1) is 31.8. The number of thioether (sulfide) groups is 1. The molecular weight excluding hydrogens is 516 g/mol. The Hall–Kier alpha value is -2.73. The van der Waals surface area contributed by atoms with Crippen molar-refractivity contribution in [1.82, 2.24) is 4.90 Å². The minimum absolute atomic E-state index is 0.103. The van der Waals surface area contributed by atoms with E-state index in [1.165, 1.54) is 76.0 Å². The van der Waals surface area contributed by atoms with E-state index < -0.39 is 0 Å². The standard InChI is InChI=1S/C34H48N2O3S/c1-4-5-6-7-8-9-10-11-12-13-14-17-23-39-33-30(28(3)37)20-18-21-31(33)34(38)35-32-22-16-15-19-29(32)25-36-24-27(2)40-26-36/h15-16,18-22,24H,4-14,17,23,25-26H2,1-3H3,(H,35,38). The van der Waals surface area contributed by atoms with Crippen molar-refractivity contribution in [2.24, 2.45) is 0 Å². The second kappa shape index (κ2) is 17.9. The molecule has 1 amide bonds. The summed E-state index contributed by atoms with van der Waals surface area (Å²) in [5.41, 5.74) is 2.67. The normalized spacial score (nSPS) is 12.9. The predicted molar refractivity (Wildman–Crippen MR) is 169 cm³/mol. The fourth-order valence-corrected chi connectivity index (χ4v) is 5.82. The highest BCUT2D eigenvalue weighted by Crippen LogP contribution is 2.29. The Morgan fingerprint density at radius 1 is 0.850 bits per heavy atom. The smallest absolute Gasteiger partial charge is 0.259 e. The summed E-state index contributed by atoms with van der Waals surface area (Å²) in [5, 5.41) is 3.08. The molecule has 2 aromatic rings. The predicted octanol–water partition coefficient (Wildman–Crippen LogP) is 9.59. The largest absolute Gasteiger partial charge is 0.492 e. The molecule has 0 unspecified atom stereocenters. The van der Waals surface area contributed by atoms with Crippen LogP contribution in [0.15, 0.2) is 53.6 Å². The maximum absolute atomic E-state index is 13.5. The molecule has 0 aromatic heterocycles. The van der Waals surface area contributed by atoms with Crippen molar-refractivity contribution in [3.8, 4) is 5.75 Å². The maximum Gasteiger partial charge on any atom is 0.259 e. The van der Waals surface area contributed by atoms with Gasteiger partial charge in [0.2, 0.25) is 0 Å². The number of nitrogens with zero attached hydrogens (tertiary/aromatic N) is 1. The topological polar surface area (TPSA) is 58.6 Å². The molecule has 0 saturated carbocycles. The molecule has 0 aliphatic carbocycles. The molecule has 1 aliphatic heterocycles. The highest BCUT2D eigenvalue weighted by atomic mass is 32.2. The first-order valence-electron chi connectivity index (χ1n) is 15.2. The molecule has 0 bridgehead atoms. The second-order valence-electron chi connectivity index (χ2n) is 10.8. The van der Waals surface area contributed by atoms with Crippen LogP contribution < -0.4 is 10.1 Å². The lowest BCUT2D eigenvalue weighted by atomic mass is 10.0. The minimum atomic E-state index is -0.261. The van der Waals surface area contributed by atoms with Crippen LogP contribution in [0.4, 0.5) is 5.69 Å². The van der Waals surface area contributed by atoms with Crippen molar-refractivity contribution >= 4 is 29.1 Å². The van der Waals surface area contributed by atoms with Gasteiger partial charge in [0.1, 0.15) is 5.75 Å². The van der Waals surface area contributed by atoms with Gasteiger partial charge in [0.25, 0.3) is 5.91 Å². The van der Waals surface area contributed by atoms with Gasteiger partial charge in [-0.05, 0) is 48.9 Å². The van der Waals surface area contributed by atoms with Gasteiger partial charge in [0.15, 0.2) is 5.78 Å². The molecule has 5 nitrogen and oxygen atoms in total. The van der Waals surface area contributed by atoms with Crippen LogP contribution in [0.5, 0.6) is 5.75 Å². The van der Waals surface area contributed by atoms with Gasteiger partial charge in [-0.3, -0.25) is 9.59 Å². The van der Waals surface area contributed by atoms with Crippen LogP contribution in [0.1, 0.15) is 124 Å². The van der Waals surface area contributed by atoms with Crippen molar-refractivity contribution in [1.29, 1.82) is 0 Å². The molecule has 0 atom stereocenters. The van der Waals surface area contributed by atoms with Gasteiger partial charge in [-0.2, -0.15) is 0 Å². The zero-order valence-corrected chi connectivity index (χ0v) is 25.6. The van der Waals surface area contributed by atoms with Crippen LogP contribution in [0.2, 0.25) is 0 Å². The van der Waals surface area contributed by atoms with Gasteiger partial charge < -0.3 is 15.0 Å². The van der Waals surface area contributed by atoms with E-state index in [-0.39, 0.29) is 11.7 Å². The fourth-order valence-electron chi connectivity index (χ4n) is 5.06. The number of hydrogen-bond donors (Lipinski definition) is 1. The number of allylic oxidation sites excluding steroid dienone is 1. The Labute approximate surface area is 246 Å². The molecule has 1 aliphatic rings. The molecule has 218 valence electrons. The highest BCUT2D eigenvalue weighted by Gasteiger charge is 2.20. The van der Waals surface area contributed by atoms with Crippen LogP contribution in [0, 0.1) is 0 Å². The van der Waals surface area contributed by atoms with Gasteiger partial charge in [-0.25, -0.2) is 0 Å². The summed E-state index contributed by atoms with van der Waals surface area (Å²) in [5.74, 6) is 0.935. The Morgan fingerprint density at radius 2 is 1.48 bits per heavy atom. The molecule has 1 N–H and O–H groups in total. The third-order valence-electron chi connectivity index (χ3n) is 7.34. The van der Waals surface area contributed by atoms with Crippen LogP contribution in [0.3, 0.4) is 0 Å². The number of amides is 1. The van der Waals surface area contributed by atoms with Crippen molar-refractivity contribution in [3.05, 3.63) is 70.3 Å². The number of para-hydroxylation sites is 2. The summed E-state index contributed by atoms with van der Waals surface area (Å²) in [7, 11) is 0. The zero-order chi connectivity index (χ0) is 28.6. The summed E-state index contributed by atoms with van der Waals surface area (Å²) in [6.45, 7) is 7.11. The van der Waals surface area contributed by atoms with Crippen molar-refractivity contribution in [3.63, 3.8) is 0 Å². The zero-order valence-electron chi connectivity index (χ0n) is 24.8. The number of hydrogen-bond acceptors (Lipinski definition) is 5. The molecule has 2 aromatic carbocycles. The van der Waals surface area contributed by atoms with Crippen molar-refractivity contribution in [2.45, 2.75) is 104 Å². The Morgan fingerprint density at radius 3 is 2.10 bits per heavy atom. The Balaban J connectivity index is 1.50. The highest BCUT2D eigenvalue weighted by molar-refractivity contribution is 8.03. The third kappa shape index (κ3) is 10.7. The number of benzene rings is 2. The molecule has 40 heavy (non-hydrogen) atoms. The maximum atomic E-state index is 13.5. The van der Waals surface area contributed by atoms with Crippen LogP contribution >= 0.6 is 11.8 Å². The van der Waals surface area contributed by atoms with Gasteiger partial charge in [0.05, 0.1) is 23.6 Å². The number of ketones is 1. The Kier molecular flexibility index (Phi) is 14.2. The molecule has 0 radical (unpaired) electrons. The summed E-state index contributed by atoms with van der Waals surface area (Å²) in [4.78, 5) is 29.4. The molecule has 3 rings (SSSR count). The average Bonchev–Trinajstić information content (AvgIpc) is 3.36. The van der Waals surface area contributed by atoms with E-state index in [9.17, 15) is 9.59 Å². The first-order chi connectivity index (χ1) is 19.5. The number of anilines is 1. The van der Waals surface area contributed by atoms with E-state index in [0.29, 0.717) is 23.5 Å². The van der Waals surface area contributed by atoms with Gasteiger partial charge >= 0.3 is 0 Å². The second-order valence-corrected chi connectivity index (χ2v) is 12.0.